The zero-order valence-corrected chi connectivity index (χ0v) is 18.3. The third kappa shape index (κ3) is 3.26. The van der Waals surface area contributed by atoms with Crippen molar-refractivity contribution in [3.63, 3.8) is 0 Å². The first-order valence-corrected chi connectivity index (χ1v) is 10.2. The summed E-state index contributed by atoms with van der Waals surface area (Å²) in [6.07, 6.45) is 1.43. The van der Waals surface area contributed by atoms with Gasteiger partial charge in [-0.15, -0.1) is 0 Å². The minimum absolute atomic E-state index is 0.210. The lowest BCUT2D eigenvalue weighted by Gasteiger charge is -2.35. The molecule has 1 unspecified atom stereocenters. The Hall–Kier alpha value is -3.88. The van der Waals surface area contributed by atoms with Crippen LogP contribution in [0.1, 0.15) is 34.5 Å². The largest absolute Gasteiger partial charge is 0.711 e. The van der Waals surface area contributed by atoms with E-state index in [0.717, 1.165) is 20.1 Å². The van der Waals surface area contributed by atoms with E-state index in [1.807, 2.05) is 41.8 Å². The summed E-state index contributed by atoms with van der Waals surface area (Å²) >= 11 is 0. The number of amides is 4. The normalized spacial score (nSPS) is 16.2. The minimum atomic E-state index is -1.32. The Kier molecular flexibility index (Phi) is 5.33. The van der Waals surface area contributed by atoms with Gasteiger partial charge in [-0.2, -0.15) is 0 Å². The van der Waals surface area contributed by atoms with Crippen LogP contribution >= 0.6 is 0 Å². The highest BCUT2D eigenvalue weighted by Crippen LogP contribution is 2.36. The first kappa shape index (κ1) is 21.4. The maximum Gasteiger partial charge on any atom is 0.332 e. The van der Waals surface area contributed by atoms with Gasteiger partial charge in [0.15, 0.2) is 0 Å². The smallest absolute Gasteiger partial charge is 0.332 e. The average molecular weight is 436 g/mol. The van der Waals surface area contributed by atoms with E-state index in [9.17, 15) is 19.6 Å². The van der Waals surface area contributed by atoms with Crippen LogP contribution in [0.2, 0.25) is 0 Å². The van der Waals surface area contributed by atoms with E-state index in [-0.39, 0.29) is 5.82 Å². The molecule has 0 N–H and O–H groups in total. The van der Waals surface area contributed by atoms with E-state index in [1.165, 1.54) is 20.4 Å². The number of aromatic nitrogens is 2. The molecule has 32 heavy (non-hydrogen) atoms. The lowest BCUT2D eigenvalue weighted by Crippen LogP contribution is -2.59. The fourth-order valence-corrected chi connectivity index (χ4v) is 4.19. The first-order valence-electron chi connectivity index (χ1n) is 10.2. The number of nitrogens with zero attached hydrogens (tertiary/aromatic N) is 4. The van der Waals surface area contributed by atoms with Crippen molar-refractivity contribution in [1.82, 2.24) is 14.4 Å². The van der Waals surface area contributed by atoms with E-state index in [0.29, 0.717) is 23.7 Å². The molecule has 3 aromatic rings. The molecule has 0 saturated carbocycles. The third-order valence-corrected chi connectivity index (χ3v) is 6.13. The third-order valence-electron chi connectivity index (χ3n) is 6.13. The molecule has 3 heterocycles. The number of rotatable bonds is 5. The van der Waals surface area contributed by atoms with Crippen LogP contribution in [0.25, 0.3) is 0 Å². The Morgan fingerprint density at radius 3 is 2.19 bits per heavy atom. The van der Waals surface area contributed by atoms with Gasteiger partial charge in [0.2, 0.25) is 11.8 Å². The van der Waals surface area contributed by atoms with Crippen LogP contribution in [0.3, 0.4) is 0 Å². The van der Waals surface area contributed by atoms with E-state index in [2.05, 4.69) is 0 Å². The van der Waals surface area contributed by atoms with Crippen LogP contribution in [0, 0.1) is 25.0 Å². The standard InChI is InChI=1S/C23H24N4O5/c1-14-15(2)27(31)20(26(14)13-16-9-6-5-7-10-16)18(17-11-8-12-32-17)19-21(28)24(3)23(30)25(4)22(19)29/h5-12,18-19H,13H2,1-4H3. The predicted octanol–water partition coefficient (Wildman–Crippen LogP) is 2.18. The van der Waals surface area contributed by atoms with Crippen LogP contribution < -0.4 is 4.73 Å². The molecule has 1 saturated heterocycles. The summed E-state index contributed by atoms with van der Waals surface area (Å²) in [5.41, 5.74) is 2.13. The van der Waals surface area contributed by atoms with Gasteiger partial charge in [0.25, 0.3) is 5.82 Å². The number of barbiturate groups is 1. The van der Waals surface area contributed by atoms with Gasteiger partial charge in [-0.25, -0.2) is 14.1 Å². The van der Waals surface area contributed by atoms with Crippen molar-refractivity contribution in [3.8, 4) is 0 Å². The number of furan rings is 1. The number of hydrogen-bond acceptors (Lipinski definition) is 5. The Morgan fingerprint density at radius 2 is 1.62 bits per heavy atom. The van der Waals surface area contributed by atoms with Gasteiger partial charge >= 0.3 is 6.03 Å². The molecule has 1 atom stereocenters. The molecule has 1 aliphatic rings. The molecular weight excluding hydrogens is 412 g/mol. The summed E-state index contributed by atoms with van der Waals surface area (Å²) in [6, 6.07) is 12.1. The summed E-state index contributed by atoms with van der Waals surface area (Å²) in [5.74, 6) is -3.19. The summed E-state index contributed by atoms with van der Waals surface area (Å²) in [6.45, 7) is 3.88. The van der Waals surface area contributed by atoms with Crippen molar-refractivity contribution in [2.75, 3.05) is 14.1 Å². The molecule has 0 bridgehead atoms. The van der Waals surface area contributed by atoms with Crippen LogP contribution in [-0.4, -0.2) is 46.3 Å². The molecule has 4 rings (SSSR count). The summed E-state index contributed by atoms with van der Waals surface area (Å²) in [7, 11) is 2.65. The fraction of sp³-hybridized carbons (Fsp3) is 0.304. The number of imide groups is 2. The quantitative estimate of drug-likeness (QED) is 0.347. The van der Waals surface area contributed by atoms with Crippen LogP contribution in [0.15, 0.2) is 53.1 Å². The number of hydrogen-bond donors (Lipinski definition) is 0. The number of benzene rings is 1. The van der Waals surface area contributed by atoms with E-state index in [4.69, 9.17) is 4.42 Å². The lowest BCUT2D eigenvalue weighted by molar-refractivity contribution is -0.621. The molecule has 9 nitrogen and oxygen atoms in total. The molecule has 9 heteroatoms. The lowest BCUT2D eigenvalue weighted by atomic mass is 9.85. The van der Waals surface area contributed by atoms with Gasteiger partial charge in [-0.1, -0.05) is 30.3 Å². The molecule has 1 aliphatic heterocycles. The molecular formula is C23H24N4O5. The van der Waals surface area contributed by atoms with Gasteiger partial charge in [0, 0.05) is 27.9 Å². The van der Waals surface area contributed by atoms with Gasteiger partial charge in [0.05, 0.1) is 6.26 Å². The highest BCUT2D eigenvalue weighted by atomic mass is 16.5. The maximum absolute atomic E-state index is 13.4. The topological polar surface area (TPSA) is 103 Å². The van der Waals surface area contributed by atoms with Gasteiger partial charge in [0.1, 0.15) is 35.5 Å². The average Bonchev–Trinajstić information content (AvgIpc) is 3.39. The van der Waals surface area contributed by atoms with Crippen molar-refractivity contribution in [2.24, 2.45) is 5.92 Å². The van der Waals surface area contributed by atoms with Gasteiger partial charge in [-0.05, 0) is 17.7 Å². The molecule has 0 spiro atoms. The second-order valence-electron chi connectivity index (χ2n) is 7.94. The molecule has 2 aromatic heterocycles. The zero-order valence-electron chi connectivity index (χ0n) is 18.3. The number of carbonyl (C=O) groups excluding carboxylic acids is 3. The second-order valence-corrected chi connectivity index (χ2v) is 7.94. The maximum atomic E-state index is 13.4. The van der Waals surface area contributed by atoms with Crippen molar-refractivity contribution in [2.45, 2.75) is 26.3 Å². The zero-order chi connectivity index (χ0) is 23.2. The molecule has 166 valence electrons. The van der Waals surface area contributed by atoms with Gasteiger partial charge < -0.3 is 9.62 Å². The minimum Gasteiger partial charge on any atom is -0.711 e. The summed E-state index contributed by atoms with van der Waals surface area (Å²) < 4.78 is 8.17. The van der Waals surface area contributed by atoms with Crippen molar-refractivity contribution in [1.29, 1.82) is 0 Å². The summed E-state index contributed by atoms with van der Waals surface area (Å²) in [4.78, 5) is 40.4. The van der Waals surface area contributed by atoms with Crippen LogP contribution in [0.4, 0.5) is 4.79 Å². The van der Waals surface area contributed by atoms with Crippen molar-refractivity contribution >= 4 is 17.8 Å². The predicted molar refractivity (Wildman–Crippen MR) is 113 cm³/mol. The van der Waals surface area contributed by atoms with E-state index < -0.39 is 29.7 Å². The SMILES string of the molecule is Cc1c(C)[n+]([O-])c(C(c2ccco2)C2C(=O)N(C)C(=O)N(C)C2=O)n1Cc1ccccc1. The molecule has 0 radical (unpaired) electrons. The van der Waals surface area contributed by atoms with Crippen molar-refractivity contribution in [3.05, 3.63) is 82.5 Å². The number of urea groups is 1. The van der Waals surface area contributed by atoms with E-state index >= 15 is 0 Å². The number of imidazole rings is 1. The Bertz CT molecular complexity index is 1160. The molecule has 0 aliphatic carbocycles. The van der Waals surface area contributed by atoms with E-state index in [1.54, 1.807) is 19.1 Å². The Balaban J connectivity index is 1.93. The van der Waals surface area contributed by atoms with Crippen LogP contribution in [0.5, 0.6) is 0 Å². The molecule has 1 fully saturated rings. The van der Waals surface area contributed by atoms with Crippen molar-refractivity contribution < 1.29 is 23.5 Å². The fourth-order valence-electron chi connectivity index (χ4n) is 4.19. The van der Waals surface area contributed by atoms with Crippen LogP contribution in [-0.2, 0) is 16.1 Å². The Morgan fingerprint density at radius 1 is 1.00 bits per heavy atom. The molecule has 1 aromatic carbocycles. The molecule has 4 amide bonds. The van der Waals surface area contributed by atoms with Gasteiger partial charge in [-0.3, -0.25) is 19.4 Å². The summed E-state index contributed by atoms with van der Waals surface area (Å²) in [5, 5.41) is 13.4. The Labute approximate surface area is 185 Å². The monoisotopic (exact) mass is 436 g/mol. The highest BCUT2D eigenvalue weighted by Gasteiger charge is 2.52. The first-order chi connectivity index (χ1) is 15.2. The highest BCUT2D eigenvalue weighted by molar-refractivity contribution is 6.16. The number of carbonyl (C=O) groups is 3. The second kappa shape index (κ2) is 7.99.